The van der Waals surface area contributed by atoms with Gasteiger partial charge in [-0.3, -0.25) is 4.79 Å². The Bertz CT molecular complexity index is 848. The van der Waals surface area contributed by atoms with Crippen LogP contribution in [0.3, 0.4) is 0 Å². The first-order valence-electron chi connectivity index (χ1n) is 9.52. The van der Waals surface area contributed by atoms with E-state index in [4.69, 9.17) is 4.74 Å². The highest BCUT2D eigenvalue weighted by Gasteiger charge is 2.11. The van der Waals surface area contributed by atoms with E-state index in [1.165, 1.54) is 44.6 Å². The number of piperidine rings is 1. The van der Waals surface area contributed by atoms with Gasteiger partial charge in [-0.15, -0.1) is 0 Å². The molecule has 1 fully saturated rings. The lowest BCUT2D eigenvalue weighted by atomic mass is 10.1. The molecule has 1 aliphatic rings. The molecule has 2 aromatic rings. The van der Waals surface area contributed by atoms with Crippen LogP contribution in [-0.2, 0) is 4.79 Å². The molecule has 1 aliphatic heterocycles. The number of hydrogen-bond acceptors (Lipinski definition) is 4. The Kier molecular flexibility index (Phi) is 7.05. The predicted octanol–water partition coefficient (Wildman–Crippen LogP) is 4.94. The normalized spacial score (nSPS) is 14.3. The molecule has 7 heteroatoms. The first-order valence-corrected chi connectivity index (χ1v) is 9.52. The number of rotatable bonds is 7. The quantitative estimate of drug-likeness (QED) is 0.667. The summed E-state index contributed by atoms with van der Waals surface area (Å²) < 4.78 is 34.2. The highest BCUT2D eigenvalue weighted by Crippen LogP contribution is 2.30. The Morgan fingerprint density at radius 3 is 2.45 bits per heavy atom. The van der Waals surface area contributed by atoms with Gasteiger partial charge in [-0.1, -0.05) is 6.07 Å². The fourth-order valence-electron chi connectivity index (χ4n) is 3.24. The molecule has 0 saturated carbocycles. The third-order valence-corrected chi connectivity index (χ3v) is 4.69. The van der Waals surface area contributed by atoms with Gasteiger partial charge >= 0.3 is 6.61 Å². The zero-order valence-electron chi connectivity index (χ0n) is 16.2. The van der Waals surface area contributed by atoms with Crippen molar-refractivity contribution in [2.75, 3.05) is 30.4 Å². The molecule has 1 saturated heterocycles. The highest BCUT2D eigenvalue weighted by molar-refractivity contribution is 6.02. The lowest BCUT2D eigenvalue weighted by Gasteiger charge is -2.28. The second-order valence-electron chi connectivity index (χ2n) is 6.71. The molecular formula is C22H24F2N2O3. The summed E-state index contributed by atoms with van der Waals surface area (Å²) in [6.07, 6.45) is 6.66. The number of carbonyl (C=O) groups excluding carboxylic acids is 1. The molecule has 0 aromatic heterocycles. The Labute approximate surface area is 168 Å². The van der Waals surface area contributed by atoms with Gasteiger partial charge in [0.15, 0.2) is 11.5 Å². The van der Waals surface area contributed by atoms with Gasteiger partial charge in [-0.2, -0.15) is 8.78 Å². The minimum Gasteiger partial charge on any atom is -0.493 e. The number of carbonyl (C=O) groups is 1. The fourth-order valence-corrected chi connectivity index (χ4v) is 3.24. The molecule has 0 aliphatic carbocycles. The van der Waals surface area contributed by atoms with Crippen LogP contribution >= 0.6 is 0 Å². The second-order valence-corrected chi connectivity index (χ2v) is 6.71. The molecule has 1 amide bonds. The molecular weight excluding hydrogens is 378 g/mol. The summed E-state index contributed by atoms with van der Waals surface area (Å²) in [6.45, 7) is -0.796. The van der Waals surface area contributed by atoms with E-state index in [0.717, 1.165) is 18.8 Å². The summed E-state index contributed by atoms with van der Waals surface area (Å²) in [5, 5.41) is 2.81. The van der Waals surface area contributed by atoms with Crippen LogP contribution in [0.1, 0.15) is 24.8 Å². The maximum atomic E-state index is 12.4. The first kappa shape index (κ1) is 20.6. The maximum absolute atomic E-state index is 12.4. The van der Waals surface area contributed by atoms with E-state index >= 15 is 0 Å². The molecule has 2 aromatic carbocycles. The zero-order chi connectivity index (χ0) is 20.6. The molecule has 0 atom stereocenters. The molecule has 1 N–H and O–H groups in total. The maximum Gasteiger partial charge on any atom is 0.387 e. The van der Waals surface area contributed by atoms with Crippen LogP contribution in [-0.4, -0.2) is 32.7 Å². The van der Waals surface area contributed by atoms with Crippen molar-refractivity contribution >= 4 is 23.4 Å². The minimum atomic E-state index is -2.93. The summed E-state index contributed by atoms with van der Waals surface area (Å²) in [7, 11) is 1.36. The average Bonchev–Trinajstić information content (AvgIpc) is 2.74. The lowest BCUT2D eigenvalue weighted by molar-refractivity contribution is -0.111. The van der Waals surface area contributed by atoms with Crippen LogP contribution in [0.5, 0.6) is 11.5 Å². The van der Waals surface area contributed by atoms with Crippen molar-refractivity contribution in [2.45, 2.75) is 25.9 Å². The molecule has 0 bridgehead atoms. The number of ether oxygens (including phenoxy) is 2. The largest absolute Gasteiger partial charge is 0.493 e. The minimum absolute atomic E-state index is 0.0575. The Morgan fingerprint density at radius 2 is 1.79 bits per heavy atom. The number of halogens is 2. The number of amides is 1. The van der Waals surface area contributed by atoms with Crippen LogP contribution in [0.25, 0.3) is 6.08 Å². The second kappa shape index (κ2) is 9.91. The van der Waals surface area contributed by atoms with Crippen LogP contribution in [0.4, 0.5) is 20.2 Å². The van der Waals surface area contributed by atoms with Crippen LogP contribution in [0, 0.1) is 0 Å². The summed E-state index contributed by atoms with van der Waals surface area (Å²) in [5.41, 5.74) is 2.49. The van der Waals surface area contributed by atoms with Crippen molar-refractivity contribution in [3.8, 4) is 11.5 Å². The van der Waals surface area contributed by atoms with Gasteiger partial charge in [0.05, 0.1) is 7.11 Å². The summed E-state index contributed by atoms with van der Waals surface area (Å²) in [5.74, 6) is -0.179. The molecule has 0 radical (unpaired) electrons. The van der Waals surface area contributed by atoms with Gasteiger partial charge in [0, 0.05) is 30.5 Å². The van der Waals surface area contributed by atoms with Gasteiger partial charge in [-0.05, 0) is 67.3 Å². The molecule has 154 valence electrons. The molecule has 1 heterocycles. The summed E-state index contributed by atoms with van der Waals surface area (Å²) in [4.78, 5) is 14.5. The standard InChI is InChI=1S/C22H24F2N2O3/c1-28-20-15-16(5-11-19(20)29-22(23)24)6-12-21(27)25-17-7-9-18(10-8-17)26-13-3-2-4-14-26/h5-12,15,22H,2-4,13-14H2,1H3,(H,25,27). The Morgan fingerprint density at radius 1 is 1.07 bits per heavy atom. The van der Waals surface area contributed by atoms with Crippen LogP contribution in [0.15, 0.2) is 48.5 Å². The van der Waals surface area contributed by atoms with Gasteiger partial charge in [0.25, 0.3) is 0 Å². The monoisotopic (exact) mass is 402 g/mol. The number of methoxy groups -OCH3 is 1. The van der Waals surface area contributed by atoms with Gasteiger partial charge in [-0.25, -0.2) is 0 Å². The third kappa shape index (κ3) is 5.94. The lowest BCUT2D eigenvalue weighted by Crippen LogP contribution is -2.29. The van der Waals surface area contributed by atoms with E-state index < -0.39 is 6.61 Å². The Balaban J connectivity index is 1.59. The first-order chi connectivity index (χ1) is 14.0. The van der Waals surface area contributed by atoms with Crippen molar-refractivity contribution < 1.29 is 23.0 Å². The number of benzene rings is 2. The number of nitrogens with zero attached hydrogens (tertiary/aromatic N) is 1. The van der Waals surface area contributed by atoms with Crippen molar-refractivity contribution in [1.29, 1.82) is 0 Å². The van der Waals surface area contributed by atoms with Crippen molar-refractivity contribution in [2.24, 2.45) is 0 Å². The Hall–Kier alpha value is -3.09. The third-order valence-electron chi connectivity index (χ3n) is 4.69. The van der Waals surface area contributed by atoms with E-state index in [2.05, 4.69) is 15.0 Å². The van der Waals surface area contributed by atoms with E-state index in [9.17, 15) is 13.6 Å². The number of nitrogens with one attached hydrogen (secondary N) is 1. The topological polar surface area (TPSA) is 50.8 Å². The zero-order valence-corrected chi connectivity index (χ0v) is 16.2. The fraction of sp³-hybridized carbons (Fsp3) is 0.318. The van der Waals surface area contributed by atoms with Crippen molar-refractivity contribution in [3.63, 3.8) is 0 Å². The van der Waals surface area contributed by atoms with Gasteiger partial charge < -0.3 is 19.7 Å². The van der Waals surface area contributed by atoms with Gasteiger partial charge in [0.2, 0.25) is 5.91 Å². The number of anilines is 2. The van der Waals surface area contributed by atoms with E-state index in [1.807, 2.05) is 24.3 Å². The molecule has 3 rings (SSSR count). The van der Waals surface area contributed by atoms with Crippen LogP contribution in [0.2, 0.25) is 0 Å². The summed E-state index contributed by atoms with van der Waals surface area (Å²) in [6, 6.07) is 12.3. The van der Waals surface area contributed by atoms with Crippen LogP contribution < -0.4 is 19.7 Å². The highest BCUT2D eigenvalue weighted by atomic mass is 19.3. The SMILES string of the molecule is COc1cc(C=CC(=O)Nc2ccc(N3CCCCC3)cc2)ccc1OC(F)F. The van der Waals surface area contributed by atoms with Crippen molar-refractivity contribution in [1.82, 2.24) is 0 Å². The molecule has 29 heavy (non-hydrogen) atoms. The smallest absolute Gasteiger partial charge is 0.387 e. The average molecular weight is 402 g/mol. The predicted molar refractivity (Wildman–Crippen MR) is 110 cm³/mol. The van der Waals surface area contributed by atoms with Crippen molar-refractivity contribution in [3.05, 3.63) is 54.1 Å². The van der Waals surface area contributed by atoms with E-state index in [-0.39, 0.29) is 17.4 Å². The van der Waals surface area contributed by atoms with E-state index in [1.54, 1.807) is 12.1 Å². The number of alkyl halides is 2. The molecule has 0 unspecified atom stereocenters. The van der Waals surface area contributed by atoms with Gasteiger partial charge in [0.1, 0.15) is 0 Å². The van der Waals surface area contributed by atoms with E-state index in [0.29, 0.717) is 11.3 Å². The summed E-state index contributed by atoms with van der Waals surface area (Å²) >= 11 is 0. The molecule has 0 spiro atoms. The number of hydrogen-bond donors (Lipinski definition) is 1. The molecule has 5 nitrogen and oxygen atoms in total.